The van der Waals surface area contributed by atoms with Crippen molar-refractivity contribution in [2.45, 2.75) is 37.6 Å². The van der Waals surface area contributed by atoms with Gasteiger partial charge in [0.2, 0.25) is 5.96 Å². The summed E-state index contributed by atoms with van der Waals surface area (Å²) in [5.74, 6) is -0.868. The van der Waals surface area contributed by atoms with Crippen molar-refractivity contribution in [3.8, 4) is 0 Å². The number of fused-ring (bicyclic) bond motifs is 1. The molecule has 7 nitrogen and oxygen atoms in total. The number of benzene rings is 1. The van der Waals surface area contributed by atoms with Gasteiger partial charge in [0, 0.05) is 6.54 Å². The fourth-order valence-electron chi connectivity index (χ4n) is 3.09. The van der Waals surface area contributed by atoms with E-state index in [4.69, 9.17) is 0 Å². The van der Waals surface area contributed by atoms with Crippen molar-refractivity contribution in [1.29, 1.82) is 0 Å². The molecule has 1 aromatic rings. The van der Waals surface area contributed by atoms with Gasteiger partial charge >= 0.3 is 5.97 Å². The molecule has 0 bridgehead atoms. The van der Waals surface area contributed by atoms with E-state index in [9.17, 15) is 18.3 Å². The highest BCUT2D eigenvalue weighted by Crippen LogP contribution is 2.33. The Morgan fingerprint density at radius 2 is 2.14 bits per heavy atom. The van der Waals surface area contributed by atoms with Crippen LogP contribution < -0.4 is 5.32 Å². The van der Waals surface area contributed by atoms with Gasteiger partial charge in [-0.05, 0) is 43.9 Å². The third kappa shape index (κ3) is 2.33. The molecule has 0 aromatic heterocycles. The van der Waals surface area contributed by atoms with Crippen LogP contribution in [0.1, 0.15) is 24.0 Å². The summed E-state index contributed by atoms with van der Waals surface area (Å²) in [6.07, 6.45) is 1.17. The molecule has 0 amide bonds. The van der Waals surface area contributed by atoms with Crippen LogP contribution in [0.3, 0.4) is 0 Å². The average Bonchev–Trinajstić information content (AvgIpc) is 2.84. The third-order valence-corrected chi connectivity index (χ3v) is 5.41. The molecule has 2 aliphatic rings. The minimum atomic E-state index is -3.83. The Morgan fingerprint density at radius 1 is 1.41 bits per heavy atom. The van der Waals surface area contributed by atoms with Gasteiger partial charge in [0.25, 0.3) is 10.0 Å². The molecule has 8 heteroatoms. The lowest BCUT2D eigenvalue weighted by Gasteiger charge is -2.29. The predicted octanol–water partition coefficient (Wildman–Crippen LogP) is 1.32. The largest absolute Gasteiger partial charge is 0.480 e. The van der Waals surface area contributed by atoms with Gasteiger partial charge in [0.1, 0.15) is 10.9 Å². The SMILES string of the molecule is Cc1cc(C)c2c(c1)NC(N1CCCC1C(=O)O)=NS2(=O)=O. The molecule has 2 N–H and O–H groups in total. The molecular weight excluding hydrogens is 306 g/mol. The van der Waals surface area contributed by atoms with Gasteiger partial charge in [-0.2, -0.15) is 8.42 Å². The molecule has 0 spiro atoms. The van der Waals surface area contributed by atoms with Crippen LogP contribution in [0.15, 0.2) is 21.4 Å². The summed E-state index contributed by atoms with van der Waals surface area (Å²) in [7, 11) is -3.83. The van der Waals surface area contributed by atoms with Gasteiger partial charge in [0.05, 0.1) is 5.69 Å². The molecule has 1 saturated heterocycles. The number of carbonyl (C=O) groups is 1. The van der Waals surface area contributed by atoms with Gasteiger partial charge in [-0.25, -0.2) is 4.79 Å². The van der Waals surface area contributed by atoms with E-state index in [2.05, 4.69) is 9.71 Å². The number of carboxylic acids is 1. The first-order valence-corrected chi connectivity index (χ1v) is 8.46. The number of sulfonamides is 1. The number of nitrogens with zero attached hydrogens (tertiary/aromatic N) is 2. The van der Waals surface area contributed by atoms with Crippen LogP contribution in [0.4, 0.5) is 5.69 Å². The van der Waals surface area contributed by atoms with E-state index in [1.165, 1.54) is 4.90 Å². The zero-order chi connectivity index (χ0) is 16.1. The first-order valence-electron chi connectivity index (χ1n) is 7.02. The Labute approximate surface area is 128 Å². The van der Waals surface area contributed by atoms with Crippen molar-refractivity contribution in [1.82, 2.24) is 4.90 Å². The highest BCUT2D eigenvalue weighted by molar-refractivity contribution is 7.90. The summed E-state index contributed by atoms with van der Waals surface area (Å²) in [4.78, 5) is 13.0. The molecule has 1 unspecified atom stereocenters. The summed E-state index contributed by atoms with van der Waals surface area (Å²) in [5.41, 5.74) is 2.01. The third-order valence-electron chi connectivity index (χ3n) is 3.94. The van der Waals surface area contributed by atoms with Crippen molar-refractivity contribution in [2.75, 3.05) is 11.9 Å². The topological polar surface area (TPSA) is 99.1 Å². The Hall–Kier alpha value is -2.09. The number of aryl methyl sites for hydroxylation is 2. The standard InChI is InChI=1S/C14H17N3O4S/c1-8-6-9(2)12-10(7-8)15-14(16-22(12,20)21)17-5-3-4-11(17)13(18)19/h6-7,11H,3-5H2,1-2H3,(H,15,16)(H,18,19). The quantitative estimate of drug-likeness (QED) is 0.809. The summed E-state index contributed by atoms with van der Waals surface area (Å²) in [5, 5.41) is 12.2. The normalized spacial score (nSPS) is 22.7. The van der Waals surface area contributed by atoms with Crippen molar-refractivity contribution in [3.63, 3.8) is 0 Å². The molecule has 0 radical (unpaired) electrons. The minimum absolute atomic E-state index is 0.0994. The van der Waals surface area contributed by atoms with E-state index in [1.807, 2.05) is 6.92 Å². The lowest BCUT2D eigenvalue weighted by molar-refractivity contribution is -0.140. The van der Waals surface area contributed by atoms with Gasteiger partial charge in [-0.3, -0.25) is 0 Å². The Kier molecular flexibility index (Phi) is 3.36. The molecule has 0 aliphatic carbocycles. The Bertz CT molecular complexity index is 786. The van der Waals surface area contributed by atoms with Gasteiger partial charge < -0.3 is 15.3 Å². The zero-order valence-corrected chi connectivity index (χ0v) is 13.1. The van der Waals surface area contributed by atoms with Crippen LogP contribution >= 0.6 is 0 Å². The molecule has 22 heavy (non-hydrogen) atoms. The zero-order valence-electron chi connectivity index (χ0n) is 12.3. The number of likely N-dealkylation sites (tertiary alicyclic amines) is 1. The van der Waals surface area contributed by atoms with Crippen LogP contribution in [0.2, 0.25) is 0 Å². The van der Waals surface area contributed by atoms with Crippen LogP contribution in [0.25, 0.3) is 0 Å². The highest BCUT2D eigenvalue weighted by atomic mass is 32.2. The van der Waals surface area contributed by atoms with E-state index in [0.717, 1.165) is 5.56 Å². The van der Waals surface area contributed by atoms with Gasteiger partial charge in [-0.15, -0.1) is 4.40 Å². The van der Waals surface area contributed by atoms with Crippen molar-refractivity contribution in [3.05, 3.63) is 23.3 Å². The number of rotatable bonds is 1. The van der Waals surface area contributed by atoms with Crippen LogP contribution in [0, 0.1) is 13.8 Å². The van der Waals surface area contributed by atoms with E-state index >= 15 is 0 Å². The van der Waals surface area contributed by atoms with Crippen molar-refractivity contribution in [2.24, 2.45) is 4.40 Å². The van der Waals surface area contributed by atoms with E-state index in [0.29, 0.717) is 30.6 Å². The minimum Gasteiger partial charge on any atom is -0.480 e. The van der Waals surface area contributed by atoms with E-state index in [1.54, 1.807) is 19.1 Å². The van der Waals surface area contributed by atoms with Crippen molar-refractivity contribution < 1.29 is 18.3 Å². The number of anilines is 1. The fraction of sp³-hybridized carbons (Fsp3) is 0.429. The second-order valence-electron chi connectivity index (χ2n) is 5.66. The molecule has 2 aliphatic heterocycles. The highest BCUT2D eigenvalue weighted by Gasteiger charge is 2.37. The maximum atomic E-state index is 12.4. The lowest BCUT2D eigenvalue weighted by atomic mass is 10.1. The summed E-state index contributed by atoms with van der Waals surface area (Å²) in [6.45, 7) is 4.07. The predicted molar refractivity (Wildman–Crippen MR) is 81.5 cm³/mol. The number of hydrogen-bond donors (Lipinski definition) is 2. The first kappa shape index (κ1) is 14.8. The molecule has 1 atom stereocenters. The lowest BCUT2D eigenvalue weighted by Crippen LogP contribution is -2.45. The number of guanidine groups is 1. The van der Waals surface area contributed by atoms with Gasteiger partial charge in [-0.1, -0.05) is 6.07 Å². The Balaban J connectivity index is 2.07. The summed E-state index contributed by atoms with van der Waals surface area (Å²) >= 11 is 0. The van der Waals surface area contributed by atoms with Crippen LogP contribution in [-0.2, 0) is 14.8 Å². The number of aliphatic carboxylic acids is 1. The Morgan fingerprint density at radius 3 is 2.82 bits per heavy atom. The second-order valence-corrected chi connectivity index (χ2v) is 7.20. The van der Waals surface area contributed by atoms with E-state index in [-0.39, 0.29) is 10.9 Å². The van der Waals surface area contributed by atoms with Crippen LogP contribution in [-0.4, -0.2) is 42.9 Å². The molecular formula is C14H17N3O4S. The summed E-state index contributed by atoms with van der Waals surface area (Å²) in [6, 6.07) is 2.78. The van der Waals surface area contributed by atoms with E-state index < -0.39 is 22.0 Å². The second kappa shape index (κ2) is 4.98. The number of carboxylic acid groups (broad SMARTS) is 1. The van der Waals surface area contributed by atoms with Crippen LogP contribution in [0.5, 0.6) is 0 Å². The average molecular weight is 323 g/mol. The molecule has 3 rings (SSSR count). The van der Waals surface area contributed by atoms with Gasteiger partial charge in [0.15, 0.2) is 0 Å². The maximum absolute atomic E-state index is 12.4. The smallest absolute Gasteiger partial charge is 0.326 e. The molecule has 118 valence electrons. The molecule has 1 aromatic carbocycles. The molecule has 0 saturated carbocycles. The molecule has 1 fully saturated rings. The number of hydrogen-bond acceptors (Lipinski definition) is 5. The maximum Gasteiger partial charge on any atom is 0.326 e. The fourth-order valence-corrected chi connectivity index (χ4v) is 4.42. The monoisotopic (exact) mass is 323 g/mol. The molecule has 2 heterocycles. The first-order chi connectivity index (χ1) is 10.3. The van der Waals surface area contributed by atoms with Crippen molar-refractivity contribution >= 4 is 27.6 Å². The summed E-state index contributed by atoms with van der Waals surface area (Å²) < 4.78 is 28.7. The number of nitrogens with one attached hydrogen (secondary N) is 1.